The zero-order valence-corrected chi connectivity index (χ0v) is 20.1. The van der Waals surface area contributed by atoms with Gasteiger partial charge in [-0.1, -0.05) is 60.7 Å². The molecule has 0 spiro atoms. The lowest BCUT2D eigenvalue weighted by atomic mass is 10.0. The van der Waals surface area contributed by atoms with Crippen LogP contribution in [0.1, 0.15) is 33.2 Å². The minimum Gasteiger partial charge on any atom is -0.322 e. The molecule has 3 aromatic carbocycles. The number of nitrogens with one attached hydrogen (secondary N) is 2. The molecule has 5 aromatic rings. The Morgan fingerprint density at radius 3 is 2.22 bits per heavy atom. The largest absolute Gasteiger partial charge is 0.322 e. The number of pyridine rings is 2. The van der Waals surface area contributed by atoms with Crippen LogP contribution in [0.5, 0.6) is 0 Å². The van der Waals surface area contributed by atoms with Crippen molar-refractivity contribution < 1.29 is 9.59 Å². The Balaban J connectivity index is 1.33. The summed E-state index contributed by atoms with van der Waals surface area (Å²) in [5.41, 5.74) is 8.18. The van der Waals surface area contributed by atoms with Gasteiger partial charge in [0.15, 0.2) is 0 Å². The molecule has 2 N–H and O–H groups in total. The molecule has 0 fully saturated rings. The van der Waals surface area contributed by atoms with Crippen molar-refractivity contribution >= 4 is 34.1 Å². The van der Waals surface area contributed by atoms with Gasteiger partial charge < -0.3 is 5.32 Å². The minimum absolute atomic E-state index is 0.216. The summed E-state index contributed by atoms with van der Waals surface area (Å²) in [6.45, 7) is 1.81. The molecule has 180 valence electrons. The number of aromatic nitrogens is 2. The lowest BCUT2D eigenvalue weighted by Gasteiger charge is -2.10. The number of anilines is 1. The number of fused-ring (bicyclic) bond motifs is 1. The minimum atomic E-state index is -0.323. The van der Waals surface area contributed by atoms with E-state index >= 15 is 0 Å². The third-order valence-electron chi connectivity index (χ3n) is 5.86. The van der Waals surface area contributed by atoms with Crippen LogP contribution in [0, 0.1) is 0 Å². The number of amides is 2. The number of carbonyl (C=O) groups excluding carboxylic acids is 2. The summed E-state index contributed by atoms with van der Waals surface area (Å²) in [7, 11) is 0. The Hall–Kier alpha value is -5.17. The van der Waals surface area contributed by atoms with Gasteiger partial charge in [-0.3, -0.25) is 14.6 Å². The fraction of sp³-hybridized carbons (Fsp3) is 0.0333. The first kappa shape index (κ1) is 23.6. The summed E-state index contributed by atoms with van der Waals surface area (Å²) in [6, 6.07) is 29.6. The Kier molecular flexibility index (Phi) is 6.76. The predicted octanol–water partition coefficient (Wildman–Crippen LogP) is 5.70. The monoisotopic (exact) mass is 485 g/mol. The molecule has 0 saturated carbocycles. The van der Waals surface area contributed by atoms with Gasteiger partial charge in [-0.05, 0) is 48.9 Å². The zero-order chi connectivity index (χ0) is 25.6. The van der Waals surface area contributed by atoms with Crippen molar-refractivity contribution in [3.05, 3.63) is 126 Å². The number of benzene rings is 3. The van der Waals surface area contributed by atoms with Crippen molar-refractivity contribution in [1.82, 2.24) is 15.4 Å². The van der Waals surface area contributed by atoms with Crippen LogP contribution in [-0.4, -0.2) is 27.5 Å². The summed E-state index contributed by atoms with van der Waals surface area (Å²) in [4.78, 5) is 34.2. The van der Waals surface area contributed by atoms with E-state index in [1.165, 1.54) is 0 Å². The Bertz CT molecular complexity index is 1600. The van der Waals surface area contributed by atoms with Crippen LogP contribution in [-0.2, 0) is 0 Å². The first-order chi connectivity index (χ1) is 18.1. The average molecular weight is 486 g/mol. The lowest BCUT2D eigenvalue weighted by molar-refractivity contribution is 0.0955. The summed E-state index contributed by atoms with van der Waals surface area (Å²) in [5.74, 6) is -0.538. The molecular formula is C30H23N5O2. The van der Waals surface area contributed by atoms with Gasteiger partial charge in [0.1, 0.15) is 0 Å². The molecule has 7 nitrogen and oxygen atoms in total. The summed E-state index contributed by atoms with van der Waals surface area (Å²) >= 11 is 0. The molecule has 2 aromatic heterocycles. The van der Waals surface area contributed by atoms with E-state index in [2.05, 4.69) is 20.8 Å². The molecule has 0 saturated heterocycles. The van der Waals surface area contributed by atoms with Crippen LogP contribution in [0.4, 0.5) is 5.69 Å². The van der Waals surface area contributed by atoms with E-state index in [4.69, 9.17) is 4.98 Å². The molecule has 0 aliphatic heterocycles. The summed E-state index contributed by atoms with van der Waals surface area (Å²) in [6.07, 6.45) is 3.15. The fourth-order valence-electron chi connectivity index (χ4n) is 3.88. The van der Waals surface area contributed by atoms with Crippen molar-refractivity contribution in [2.24, 2.45) is 5.10 Å². The van der Waals surface area contributed by atoms with Gasteiger partial charge in [-0.25, -0.2) is 10.4 Å². The number of rotatable bonds is 6. The number of nitrogens with zero attached hydrogens (tertiary/aromatic N) is 3. The predicted molar refractivity (Wildman–Crippen MR) is 145 cm³/mol. The number of para-hydroxylation sites is 1. The molecule has 37 heavy (non-hydrogen) atoms. The average Bonchev–Trinajstić information content (AvgIpc) is 2.96. The lowest BCUT2D eigenvalue weighted by Crippen LogP contribution is -2.20. The molecule has 0 bridgehead atoms. The van der Waals surface area contributed by atoms with Crippen molar-refractivity contribution in [3.8, 4) is 11.3 Å². The van der Waals surface area contributed by atoms with Gasteiger partial charge in [0, 0.05) is 34.6 Å². The highest BCUT2D eigenvalue weighted by atomic mass is 16.2. The maximum absolute atomic E-state index is 13.2. The number of hydrogen-bond acceptors (Lipinski definition) is 5. The van der Waals surface area contributed by atoms with Crippen LogP contribution in [0.25, 0.3) is 22.2 Å². The van der Waals surface area contributed by atoms with E-state index in [1.807, 2.05) is 73.7 Å². The smallest absolute Gasteiger partial charge is 0.272 e. The summed E-state index contributed by atoms with van der Waals surface area (Å²) in [5, 5.41) is 7.92. The second-order valence-electron chi connectivity index (χ2n) is 8.34. The second kappa shape index (κ2) is 10.6. The van der Waals surface area contributed by atoms with Gasteiger partial charge in [0.05, 0.1) is 22.5 Å². The molecule has 2 amide bonds. The normalized spacial score (nSPS) is 11.2. The Labute approximate surface area is 213 Å². The van der Waals surface area contributed by atoms with Crippen LogP contribution >= 0.6 is 0 Å². The molecule has 0 atom stereocenters. The van der Waals surface area contributed by atoms with E-state index in [1.54, 1.807) is 42.7 Å². The Morgan fingerprint density at radius 1 is 0.757 bits per heavy atom. The van der Waals surface area contributed by atoms with Gasteiger partial charge in [0.25, 0.3) is 11.8 Å². The first-order valence-corrected chi connectivity index (χ1v) is 11.7. The van der Waals surface area contributed by atoms with Crippen LogP contribution < -0.4 is 10.7 Å². The number of carbonyl (C=O) groups is 2. The van der Waals surface area contributed by atoms with Crippen molar-refractivity contribution in [1.29, 1.82) is 0 Å². The van der Waals surface area contributed by atoms with Crippen molar-refractivity contribution in [2.75, 3.05) is 5.32 Å². The molecule has 0 radical (unpaired) electrons. The first-order valence-electron chi connectivity index (χ1n) is 11.7. The van der Waals surface area contributed by atoms with E-state index in [0.29, 0.717) is 22.5 Å². The highest BCUT2D eigenvalue weighted by Gasteiger charge is 2.14. The number of hydrazone groups is 1. The maximum Gasteiger partial charge on any atom is 0.272 e. The van der Waals surface area contributed by atoms with Gasteiger partial charge in [-0.2, -0.15) is 5.10 Å². The molecule has 0 aliphatic carbocycles. The SMILES string of the molecule is CC(=NNC(=O)c1cc(-c2ccccc2)nc2ccccc12)c1ccc(NC(=O)c2ccncc2)cc1. The topological polar surface area (TPSA) is 96.3 Å². The molecule has 0 unspecified atom stereocenters. The standard InChI is InChI=1S/C30H23N5O2/c1-20(21-11-13-24(14-12-21)32-29(36)23-15-17-31-18-16-23)34-35-30(37)26-19-28(22-7-3-2-4-8-22)33-27-10-6-5-9-25(26)27/h2-19H,1H3,(H,32,36)(H,35,37). The quantitative estimate of drug-likeness (QED) is 0.238. The molecular weight excluding hydrogens is 462 g/mol. The van der Waals surface area contributed by atoms with Crippen molar-refractivity contribution in [2.45, 2.75) is 6.92 Å². The van der Waals surface area contributed by atoms with Crippen LogP contribution in [0.2, 0.25) is 0 Å². The van der Waals surface area contributed by atoms with Crippen molar-refractivity contribution in [3.63, 3.8) is 0 Å². The zero-order valence-electron chi connectivity index (χ0n) is 20.1. The van der Waals surface area contributed by atoms with E-state index < -0.39 is 0 Å². The van der Waals surface area contributed by atoms with E-state index in [9.17, 15) is 9.59 Å². The van der Waals surface area contributed by atoms with Gasteiger partial charge >= 0.3 is 0 Å². The van der Waals surface area contributed by atoms with E-state index in [0.717, 1.165) is 27.7 Å². The molecule has 5 rings (SSSR count). The number of hydrogen-bond donors (Lipinski definition) is 2. The second-order valence-corrected chi connectivity index (χ2v) is 8.34. The van der Waals surface area contributed by atoms with Crippen LogP contribution in [0.15, 0.2) is 115 Å². The third kappa shape index (κ3) is 5.41. The molecule has 2 heterocycles. The van der Waals surface area contributed by atoms with Gasteiger partial charge in [-0.15, -0.1) is 0 Å². The Morgan fingerprint density at radius 2 is 1.46 bits per heavy atom. The highest BCUT2D eigenvalue weighted by Crippen LogP contribution is 2.25. The molecule has 7 heteroatoms. The fourth-order valence-corrected chi connectivity index (χ4v) is 3.88. The van der Waals surface area contributed by atoms with Gasteiger partial charge in [0.2, 0.25) is 0 Å². The van der Waals surface area contributed by atoms with Crippen LogP contribution in [0.3, 0.4) is 0 Å². The van der Waals surface area contributed by atoms with E-state index in [-0.39, 0.29) is 11.8 Å². The highest BCUT2D eigenvalue weighted by molar-refractivity contribution is 6.08. The summed E-state index contributed by atoms with van der Waals surface area (Å²) < 4.78 is 0. The molecule has 0 aliphatic rings. The third-order valence-corrected chi connectivity index (χ3v) is 5.86. The maximum atomic E-state index is 13.2.